The normalized spacial score (nSPS) is 9.18. The Hall–Kier alpha value is -1.72. The molecule has 0 unspecified atom stereocenters. The largest absolute Gasteiger partial charge is 0.512 e. The van der Waals surface area contributed by atoms with Crippen molar-refractivity contribution in [2.24, 2.45) is 0 Å². The molecule has 0 amide bonds. The molecule has 0 bridgehead atoms. The van der Waals surface area contributed by atoms with E-state index in [-0.39, 0.29) is 5.88 Å². The summed E-state index contributed by atoms with van der Waals surface area (Å²) < 4.78 is 16.1. The molecule has 5 nitrogen and oxygen atoms in total. The molecular weight excluding hydrogens is 155 g/mol. The molecule has 0 fully saturated rings. The average molecular weight is 158 g/mol. The topological polar surface area (TPSA) is 72.3 Å². The van der Waals surface area contributed by atoms with Crippen LogP contribution in [-0.4, -0.2) is 21.2 Å². The van der Waals surface area contributed by atoms with Crippen molar-refractivity contribution >= 4 is 6.16 Å². The number of ether oxygens (including phenoxy) is 1. The molecule has 1 aromatic heterocycles. The average Bonchev–Trinajstić information content (AvgIpc) is 1.93. The van der Waals surface area contributed by atoms with Gasteiger partial charge in [-0.3, -0.25) is 0 Å². The Morgan fingerprint density at radius 1 is 1.55 bits per heavy atom. The molecule has 1 aromatic rings. The first-order valence-corrected chi connectivity index (χ1v) is 2.57. The van der Waals surface area contributed by atoms with Gasteiger partial charge in [-0.1, -0.05) is 0 Å². The van der Waals surface area contributed by atoms with E-state index in [1.165, 1.54) is 0 Å². The summed E-state index contributed by atoms with van der Waals surface area (Å²) in [5.74, 6) is -1.04. The second-order valence-corrected chi connectivity index (χ2v) is 1.55. The molecule has 6 heteroatoms. The molecule has 0 aromatic carbocycles. The highest BCUT2D eigenvalue weighted by atomic mass is 19.1. The van der Waals surface area contributed by atoms with Crippen LogP contribution in [0.4, 0.5) is 9.18 Å². The van der Waals surface area contributed by atoms with Crippen LogP contribution in [0.15, 0.2) is 12.4 Å². The van der Waals surface area contributed by atoms with Crippen molar-refractivity contribution in [1.29, 1.82) is 0 Å². The van der Waals surface area contributed by atoms with E-state index in [4.69, 9.17) is 5.11 Å². The number of carbonyl (C=O) groups is 1. The maximum Gasteiger partial charge on any atom is 0.512 e. The fraction of sp³-hybridized carbons (Fsp3) is 0. The lowest BCUT2D eigenvalue weighted by Gasteiger charge is -1.94. The molecule has 0 aliphatic rings. The van der Waals surface area contributed by atoms with Crippen molar-refractivity contribution in [2.45, 2.75) is 0 Å². The molecule has 0 spiro atoms. The van der Waals surface area contributed by atoms with Crippen LogP contribution in [0.5, 0.6) is 5.88 Å². The van der Waals surface area contributed by atoms with Gasteiger partial charge in [-0.25, -0.2) is 14.8 Å². The van der Waals surface area contributed by atoms with Crippen molar-refractivity contribution < 1.29 is 19.0 Å². The first-order chi connectivity index (χ1) is 5.18. The Morgan fingerprint density at radius 2 is 2.27 bits per heavy atom. The van der Waals surface area contributed by atoms with E-state index in [2.05, 4.69) is 14.7 Å². The molecule has 0 saturated carbocycles. The van der Waals surface area contributed by atoms with Crippen LogP contribution in [0.1, 0.15) is 0 Å². The van der Waals surface area contributed by atoms with Gasteiger partial charge in [0.05, 0.1) is 12.4 Å². The van der Waals surface area contributed by atoms with E-state index in [0.717, 1.165) is 12.4 Å². The lowest BCUT2D eigenvalue weighted by atomic mass is 10.7. The summed E-state index contributed by atoms with van der Waals surface area (Å²) in [7, 11) is 0. The van der Waals surface area contributed by atoms with Crippen LogP contribution in [0.2, 0.25) is 0 Å². The second kappa shape index (κ2) is 2.91. The Bertz CT molecular complexity index is 261. The monoisotopic (exact) mass is 158 g/mol. The zero-order valence-electron chi connectivity index (χ0n) is 5.19. The molecule has 0 saturated heterocycles. The Labute approximate surface area is 60.5 Å². The van der Waals surface area contributed by atoms with E-state index in [9.17, 15) is 9.18 Å². The molecule has 58 valence electrons. The van der Waals surface area contributed by atoms with Crippen molar-refractivity contribution in [3.05, 3.63) is 18.3 Å². The highest BCUT2D eigenvalue weighted by Crippen LogP contribution is 2.02. The van der Waals surface area contributed by atoms with E-state index < -0.39 is 12.1 Å². The highest BCUT2D eigenvalue weighted by Gasteiger charge is 2.01. The first kappa shape index (κ1) is 7.39. The summed E-state index contributed by atoms with van der Waals surface area (Å²) in [6.07, 6.45) is 0.132. The minimum Gasteiger partial charge on any atom is -0.449 e. The van der Waals surface area contributed by atoms with Crippen LogP contribution in [-0.2, 0) is 0 Å². The molecule has 1 rings (SSSR count). The predicted molar refractivity (Wildman–Crippen MR) is 30.6 cm³/mol. The number of carboxylic acid groups (broad SMARTS) is 1. The third-order valence-electron chi connectivity index (χ3n) is 0.789. The van der Waals surface area contributed by atoms with E-state index in [1.807, 2.05) is 0 Å². The number of hydrogen-bond donors (Lipinski definition) is 1. The molecule has 11 heavy (non-hydrogen) atoms. The lowest BCUT2D eigenvalue weighted by Crippen LogP contribution is -2.04. The summed E-state index contributed by atoms with van der Waals surface area (Å²) in [6, 6.07) is 0. The number of aromatic nitrogens is 2. The van der Waals surface area contributed by atoms with Gasteiger partial charge in [0.1, 0.15) is 0 Å². The van der Waals surface area contributed by atoms with Gasteiger partial charge in [-0.15, -0.1) is 0 Å². The molecule has 0 aliphatic heterocycles. The summed E-state index contributed by atoms with van der Waals surface area (Å²) in [4.78, 5) is 16.3. The molecule has 1 N–H and O–H groups in total. The van der Waals surface area contributed by atoms with Gasteiger partial charge in [0.2, 0.25) is 11.8 Å². The highest BCUT2D eigenvalue weighted by molar-refractivity contribution is 5.59. The summed E-state index contributed by atoms with van der Waals surface area (Å²) in [6.45, 7) is 0. The maximum atomic E-state index is 12.0. The van der Waals surface area contributed by atoms with Crippen LogP contribution in [0.25, 0.3) is 0 Å². The van der Waals surface area contributed by atoms with Crippen LogP contribution >= 0.6 is 0 Å². The second-order valence-electron chi connectivity index (χ2n) is 1.55. The number of halogens is 1. The number of hydrogen-bond acceptors (Lipinski definition) is 4. The quantitative estimate of drug-likeness (QED) is 0.608. The standard InChI is InChI=1S/C5H3FN2O3/c6-3-1-8-4(2-7-3)11-5(9)10/h1-2H,(H,9,10). The van der Waals surface area contributed by atoms with Crippen molar-refractivity contribution in [1.82, 2.24) is 9.97 Å². The van der Waals surface area contributed by atoms with Gasteiger partial charge in [0.15, 0.2) is 0 Å². The number of rotatable bonds is 1. The lowest BCUT2D eigenvalue weighted by molar-refractivity contribution is 0.142. The van der Waals surface area contributed by atoms with Gasteiger partial charge in [0.25, 0.3) is 0 Å². The third-order valence-corrected chi connectivity index (χ3v) is 0.789. The van der Waals surface area contributed by atoms with Gasteiger partial charge in [-0.05, 0) is 0 Å². The summed E-state index contributed by atoms with van der Waals surface area (Å²) in [5, 5.41) is 8.05. The van der Waals surface area contributed by atoms with Crippen LogP contribution < -0.4 is 4.74 Å². The predicted octanol–water partition coefficient (Wildman–Crippen LogP) is 0.672. The van der Waals surface area contributed by atoms with E-state index >= 15 is 0 Å². The minimum atomic E-state index is -1.51. The molecule has 0 atom stereocenters. The fourth-order valence-corrected chi connectivity index (χ4v) is 0.443. The fourth-order valence-electron chi connectivity index (χ4n) is 0.443. The van der Waals surface area contributed by atoms with Gasteiger partial charge >= 0.3 is 6.16 Å². The zero-order chi connectivity index (χ0) is 8.27. The van der Waals surface area contributed by atoms with Gasteiger partial charge < -0.3 is 9.84 Å². The number of nitrogens with zero attached hydrogens (tertiary/aromatic N) is 2. The van der Waals surface area contributed by atoms with Gasteiger partial charge in [0, 0.05) is 0 Å². The Kier molecular flexibility index (Phi) is 1.95. The minimum absolute atomic E-state index is 0.251. The Balaban J connectivity index is 2.74. The maximum absolute atomic E-state index is 12.0. The molecular formula is C5H3FN2O3. The van der Waals surface area contributed by atoms with Crippen LogP contribution in [0.3, 0.4) is 0 Å². The first-order valence-electron chi connectivity index (χ1n) is 2.57. The smallest absolute Gasteiger partial charge is 0.449 e. The summed E-state index contributed by atoms with van der Waals surface area (Å²) in [5.41, 5.74) is 0. The van der Waals surface area contributed by atoms with Crippen molar-refractivity contribution in [3.63, 3.8) is 0 Å². The Morgan fingerprint density at radius 3 is 2.73 bits per heavy atom. The van der Waals surface area contributed by atoms with Crippen molar-refractivity contribution in [3.8, 4) is 5.88 Å². The van der Waals surface area contributed by atoms with E-state index in [0.29, 0.717) is 0 Å². The van der Waals surface area contributed by atoms with E-state index in [1.54, 1.807) is 0 Å². The third kappa shape index (κ3) is 2.17. The summed E-state index contributed by atoms with van der Waals surface area (Å²) >= 11 is 0. The van der Waals surface area contributed by atoms with Gasteiger partial charge in [-0.2, -0.15) is 4.39 Å². The molecule has 0 radical (unpaired) electrons. The molecule has 1 heterocycles. The zero-order valence-corrected chi connectivity index (χ0v) is 5.19. The van der Waals surface area contributed by atoms with Crippen LogP contribution in [0, 0.1) is 5.95 Å². The van der Waals surface area contributed by atoms with Crippen molar-refractivity contribution in [2.75, 3.05) is 0 Å². The molecule has 0 aliphatic carbocycles. The SMILES string of the molecule is O=C(O)Oc1cnc(F)cn1.